The number of carboxylic acid groups (broad SMARTS) is 1. The van der Waals surface area contributed by atoms with Crippen LogP contribution >= 0.6 is 0 Å². The van der Waals surface area contributed by atoms with Crippen molar-refractivity contribution in [1.82, 2.24) is 15.4 Å². The van der Waals surface area contributed by atoms with Crippen LogP contribution in [-0.2, 0) is 0 Å². The number of rotatable bonds is 3. The fraction of sp³-hybridized carbons (Fsp3) is 0. The lowest BCUT2D eigenvalue weighted by molar-refractivity contribution is 0.0691. The van der Waals surface area contributed by atoms with Crippen molar-refractivity contribution in [2.45, 2.75) is 0 Å². The van der Waals surface area contributed by atoms with Gasteiger partial charge in [-0.2, -0.15) is 0 Å². The van der Waals surface area contributed by atoms with E-state index >= 15 is 0 Å². The predicted octanol–water partition coefficient (Wildman–Crippen LogP) is 3.99. The number of nitrogens with one attached hydrogen (secondary N) is 1. The summed E-state index contributed by atoms with van der Waals surface area (Å²) in [5.74, 6) is -1.08. The first-order chi connectivity index (χ1) is 11.7. The molecule has 5 nitrogen and oxygen atoms in total. The Labute approximate surface area is 137 Å². The molecule has 0 aliphatic rings. The molecule has 0 saturated heterocycles. The predicted molar refractivity (Wildman–Crippen MR) is 91.7 cm³/mol. The molecule has 5 heteroatoms. The molecule has 116 valence electrons. The lowest BCUT2D eigenvalue weighted by Gasteiger charge is -2.07. The number of carboxylic acids is 1. The van der Waals surface area contributed by atoms with Gasteiger partial charge in [0.2, 0.25) is 0 Å². The number of hydrogen-bond acceptors (Lipinski definition) is 3. The van der Waals surface area contributed by atoms with E-state index in [0.717, 1.165) is 11.1 Å². The zero-order chi connectivity index (χ0) is 16.5. The number of aromatic amines is 1. The third-order valence-electron chi connectivity index (χ3n) is 4.02. The molecule has 1 heterocycles. The summed E-state index contributed by atoms with van der Waals surface area (Å²) in [4.78, 5) is 11.2. The summed E-state index contributed by atoms with van der Waals surface area (Å²) in [6, 6.07) is 22.1. The van der Waals surface area contributed by atoms with Crippen LogP contribution in [-0.4, -0.2) is 26.5 Å². The summed E-state index contributed by atoms with van der Waals surface area (Å²) < 4.78 is 0. The van der Waals surface area contributed by atoms with E-state index in [1.165, 1.54) is 10.8 Å². The number of fused-ring (bicyclic) bond motifs is 1. The smallest absolute Gasteiger partial charge is 0.356 e. The van der Waals surface area contributed by atoms with Gasteiger partial charge in [-0.25, -0.2) is 4.79 Å². The number of aromatic carboxylic acids is 1. The van der Waals surface area contributed by atoms with Crippen LogP contribution < -0.4 is 0 Å². The molecule has 0 unspecified atom stereocenters. The minimum atomic E-state index is -1.08. The second kappa shape index (κ2) is 5.62. The third kappa shape index (κ3) is 2.32. The topological polar surface area (TPSA) is 78.9 Å². The molecule has 4 aromatic rings. The Morgan fingerprint density at radius 2 is 1.58 bits per heavy atom. The maximum atomic E-state index is 11.2. The van der Waals surface area contributed by atoms with Gasteiger partial charge in [-0.1, -0.05) is 71.9 Å². The zero-order valence-corrected chi connectivity index (χ0v) is 12.6. The maximum Gasteiger partial charge on any atom is 0.356 e. The molecule has 0 aliphatic heterocycles. The first-order valence-corrected chi connectivity index (χ1v) is 7.47. The highest BCUT2D eigenvalue weighted by atomic mass is 16.4. The van der Waals surface area contributed by atoms with Crippen molar-refractivity contribution in [3.63, 3.8) is 0 Å². The van der Waals surface area contributed by atoms with Gasteiger partial charge in [-0.3, -0.25) is 5.10 Å². The summed E-state index contributed by atoms with van der Waals surface area (Å²) in [5.41, 5.74) is 3.25. The van der Waals surface area contributed by atoms with Crippen LogP contribution in [0.2, 0.25) is 0 Å². The van der Waals surface area contributed by atoms with E-state index in [4.69, 9.17) is 5.11 Å². The van der Waals surface area contributed by atoms with Gasteiger partial charge in [-0.15, -0.1) is 5.10 Å². The summed E-state index contributed by atoms with van der Waals surface area (Å²) in [6.45, 7) is 0. The Balaban J connectivity index is 1.79. The zero-order valence-electron chi connectivity index (χ0n) is 12.6. The Bertz CT molecular complexity index is 1030. The molecule has 0 bridgehead atoms. The number of aromatic nitrogens is 3. The Kier molecular flexibility index (Phi) is 3.31. The molecule has 0 saturated carbocycles. The van der Waals surface area contributed by atoms with Crippen LogP contribution in [0, 0.1) is 0 Å². The van der Waals surface area contributed by atoms with Crippen LogP contribution in [0.4, 0.5) is 0 Å². The molecular weight excluding hydrogens is 302 g/mol. The average Bonchev–Trinajstić information content (AvgIpc) is 3.11. The highest BCUT2D eigenvalue weighted by Crippen LogP contribution is 2.30. The van der Waals surface area contributed by atoms with Crippen LogP contribution in [0.15, 0.2) is 66.7 Å². The minimum Gasteiger partial charge on any atom is -0.476 e. The number of nitrogens with zero attached hydrogens (tertiary/aromatic N) is 2. The highest BCUT2D eigenvalue weighted by molar-refractivity contribution is 5.97. The number of carbonyl (C=O) groups is 1. The number of hydrogen-bond donors (Lipinski definition) is 2. The van der Waals surface area contributed by atoms with Crippen LogP contribution in [0.1, 0.15) is 10.5 Å². The van der Waals surface area contributed by atoms with Crippen molar-refractivity contribution in [3.8, 4) is 22.4 Å². The molecule has 0 atom stereocenters. The van der Waals surface area contributed by atoms with E-state index in [-0.39, 0.29) is 5.69 Å². The standard InChI is InChI=1S/C19H13N3O2/c23-19(24)18-17(20-22-21-18)14-10-8-13(9-11-14)16-7-3-5-12-4-1-2-6-15(12)16/h1-11H,(H,23,24)(H,20,21,22). The number of benzene rings is 3. The summed E-state index contributed by atoms with van der Waals surface area (Å²) in [7, 11) is 0. The number of H-pyrrole nitrogens is 1. The third-order valence-corrected chi connectivity index (χ3v) is 4.02. The fourth-order valence-electron chi connectivity index (χ4n) is 2.86. The van der Waals surface area contributed by atoms with E-state index in [9.17, 15) is 4.79 Å². The van der Waals surface area contributed by atoms with Crippen LogP contribution in [0.3, 0.4) is 0 Å². The van der Waals surface area contributed by atoms with Gasteiger partial charge >= 0.3 is 5.97 Å². The van der Waals surface area contributed by atoms with Crippen molar-refractivity contribution in [2.24, 2.45) is 0 Å². The van der Waals surface area contributed by atoms with E-state index in [1.54, 1.807) is 0 Å². The monoisotopic (exact) mass is 315 g/mol. The van der Waals surface area contributed by atoms with Gasteiger partial charge in [-0.05, 0) is 21.9 Å². The van der Waals surface area contributed by atoms with Gasteiger partial charge in [0, 0.05) is 5.56 Å². The Morgan fingerprint density at radius 3 is 2.38 bits per heavy atom. The van der Waals surface area contributed by atoms with Crippen LogP contribution in [0.5, 0.6) is 0 Å². The summed E-state index contributed by atoms with van der Waals surface area (Å²) in [5, 5.41) is 21.4. The van der Waals surface area contributed by atoms with Crippen molar-refractivity contribution < 1.29 is 9.90 Å². The van der Waals surface area contributed by atoms with E-state index in [2.05, 4.69) is 39.7 Å². The summed E-state index contributed by atoms with van der Waals surface area (Å²) in [6.07, 6.45) is 0. The van der Waals surface area contributed by atoms with E-state index in [1.807, 2.05) is 42.5 Å². The molecule has 0 spiro atoms. The van der Waals surface area contributed by atoms with Crippen molar-refractivity contribution in [1.29, 1.82) is 0 Å². The van der Waals surface area contributed by atoms with Gasteiger partial charge in [0.25, 0.3) is 0 Å². The first-order valence-electron chi connectivity index (χ1n) is 7.47. The van der Waals surface area contributed by atoms with E-state index < -0.39 is 5.97 Å². The molecule has 0 radical (unpaired) electrons. The summed E-state index contributed by atoms with van der Waals surface area (Å²) >= 11 is 0. The van der Waals surface area contributed by atoms with Gasteiger partial charge in [0.1, 0.15) is 5.69 Å². The Hall–Kier alpha value is -3.47. The molecular formula is C19H13N3O2. The molecule has 0 fully saturated rings. The van der Waals surface area contributed by atoms with Crippen LogP contribution in [0.25, 0.3) is 33.2 Å². The second-order valence-electron chi connectivity index (χ2n) is 5.44. The molecule has 4 rings (SSSR count). The van der Waals surface area contributed by atoms with Gasteiger partial charge in [0.05, 0.1) is 0 Å². The lowest BCUT2D eigenvalue weighted by Crippen LogP contribution is -1.99. The van der Waals surface area contributed by atoms with Gasteiger partial charge in [0.15, 0.2) is 5.69 Å². The molecule has 0 amide bonds. The molecule has 1 aromatic heterocycles. The van der Waals surface area contributed by atoms with Crippen molar-refractivity contribution >= 4 is 16.7 Å². The first kappa shape index (κ1) is 14.1. The molecule has 3 aromatic carbocycles. The minimum absolute atomic E-state index is 0.00656. The molecule has 0 aliphatic carbocycles. The largest absolute Gasteiger partial charge is 0.476 e. The molecule has 2 N–H and O–H groups in total. The Morgan fingerprint density at radius 1 is 0.875 bits per heavy atom. The fourth-order valence-corrected chi connectivity index (χ4v) is 2.86. The maximum absolute atomic E-state index is 11.2. The van der Waals surface area contributed by atoms with Gasteiger partial charge < -0.3 is 5.11 Å². The normalized spacial score (nSPS) is 10.8. The average molecular weight is 315 g/mol. The molecule has 24 heavy (non-hydrogen) atoms. The van der Waals surface area contributed by atoms with Crippen molar-refractivity contribution in [2.75, 3.05) is 0 Å². The SMILES string of the molecule is O=C(O)c1[nH]nnc1-c1ccc(-c2cccc3ccccc23)cc1. The second-order valence-corrected chi connectivity index (χ2v) is 5.44. The van der Waals surface area contributed by atoms with Crippen molar-refractivity contribution in [3.05, 3.63) is 72.4 Å². The lowest BCUT2D eigenvalue weighted by atomic mass is 9.97. The highest BCUT2D eigenvalue weighted by Gasteiger charge is 2.16. The van der Waals surface area contributed by atoms with E-state index in [0.29, 0.717) is 11.3 Å². The quantitative estimate of drug-likeness (QED) is 0.599.